The molecule has 2 nitrogen and oxygen atoms in total. The molecule has 0 aromatic carbocycles. The Morgan fingerprint density at radius 2 is 2.18 bits per heavy atom. The number of hydrogen-bond acceptors (Lipinski definition) is 3. The maximum absolute atomic E-state index is 5.54. The first-order chi connectivity index (χ1) is 5.33. The summed E-state index contributed by atoms with van der Waals surface area (Å²) in [5, 5.41) is 8.80. The van der Waals surface area contributed by atoms with Crippen LogP contribution in [-0.2, 0) is 0 Å². The van der Waals surface area contributed by atoms with Crippen molar-refractivity contribution in [3.8, 4) is 0 Å². The molecular formula is C6H6Cl2N2S. The first-order valence-electron chi connectivity index (χ1n) is 3.01. The first-order valence-corrected chi connectivity index (χ1v) is 4.91. The van der Waals surface area contributed by atoms with Gasteiger partial charge in [-0.15, -0.1) is 33.6 Å². The fourth-order valence-corrected chi connectivity index (χ4v) is 1.41. The molecule has 0 aliphatic carbocycles. The molecule has 60 valence electrons. The standard InChI is InChI=1S/C6H6Cl2N2S/c7-3-4-11-6-2-1-5(8)9-10-6/h1-2H,3-4H2. The molecule has 0 unspecified atom stereocenters. The summed E-state index contributed by atoms with van der Waals surface area (Å²) in [6, 6.07) is 3.54. The van der Waals surface area contributed by atoms with E-state index in [4.69, 9.17) is 23.2 Å². The maximum atomic E-state index is 5.54. The summed E-state index contributed by atoms with van der Waals surface area (Å²) in [6.07, 6.45) is 0. The second kappa shape index (κ2) is 4.80. The van der Waals surface area contributed by atoms with E-state index in [1.165, 1.54) is 0 Å². The number of nitrogens with zero attached hydrogens (tertiary/aromatic N) is 2. The lowest BCUT2D eigenvalue weighted by Crippen LogP contribution is -1.86. The summed E-state index contributed by atoms with van der Waals surface area (Å²) < 4.78 is 0. The SMILES string of the molecule is ClCCSc1ccc(Cl)nn1. The van der Waals surface area contributed by atoms with Gasteiger partial charge < -0.3 is 0 Å². The summed E-state index contributed by atoms with van der Waals surface area (Å²) >= 11 is 12.6. The molecule has 0 aliphatic heterocycles. The normalized spacial score (nSPS) is 10.0. The van der Waals surface area contributed by atoms with Crippen molar-refractivity contribution in [2.75, 3.05) is 11.6 Å². The molecule has 0 saturated heterocycles. The van der Waals surface area contributed by atoms with Crippen molar-refractivity contribution >= 4 is 35.0 Å². The molecule has 11 heavy (non-hydrogen) atoms. The van der Waals surface area contributed by atoms with Gasteiger partial charge in [0, 0.05) is 11.6 Å². The van der Waals surface area contributed by atoms with Gasteiger partial charge in [0.2, 0.25) is 0 Å². The minimum absolute atomic E-state index is 0.417. The summed E-state index contributed by atoms with van der Waals surface area (Å²) in [4.78, 5) is 0. The van der Waals surface area contributed by atoms with E-state index in [1.807, 2.05) is 6.07 Å². The Kier molecular flexibility index (Phi) is 3.97. The van der Waals surface area contributed by atoms with E-state index in [9.17, 15) is 0 Å². The Balaban J connectivity index is 2.52. The van der Waals surface area contributed by atoms with Crippen LogP contribution >= 0.6 is 35.0 Å². The molecule has 0 radical (unpaired) electrons. The number of hydrogen-bond donors (Lipinski definition) is 0. The highest BCUT2D eigenvalue weighted by Crippen LogP contribution is 2.14. The summed E-state index contributed by atoms with van der Waals surface area (Å²) in [5.41, 5.74) is 0. The number of alkyl halides is 1. The van der Waals surface area contributed by atoms with Gasteiger partial charge in [0.05, 0.1) is 0 Å². The third-order valence-electron chi connectivity index (χ3n) is 0.935. The van der Waals surface area contributed by atoms with Gasteiger partial charge in [0.25, 0.3) is 0 Å². The molecule has 0 bridgehead atoms. The van der Waals surface area contributed by atoms with Crippen molar-refractivity contribution in [1.82, 2.24) is 10.2 Å². The number of aromatic nitrogens is 2. The summed E-state index contributed by atoms with van der Waals surface area (Å²) in [7, 11) is 0. The van der Waals surface area contributed by atoms with Gasteiger partial charge in [-0.1, -0.05) is 11.6 Å². The van der Waals surface area contributed by atoms with E-state index in [1.54, 1.807) is 17.8 Å². The second-order valence-electron chi connectivity index (χ2n) is 1.73. The molecule has 1 aromatic rings. The van der Waals surface area contributed by atoms with Gasteiger partial charge in [-0.3, -0.25) is 0 Å². The number of rotatable bonds is 3. The minimum atomic E-state index is 0.417. The van der Waals surface area contributed by atoms with Crippen LogP contribution < -0.4 is 0 Å². The van der Waals surface area contributed by atoms with Crippen LogP contribution in [0.1, 0.15) is 0 Å². The van der Waals surface area contributed by atoms with Crippen LogP contribution in [0.25, 0.3) is 0 Å². The zero-order valence-corrected chi connectivity index (χ0v) is 7.96. The predicted molar refractivity (Wildman–Crippen MR) is 48.5 cm³/mol. The Bertz CT molecular complexity index is 214. The van der Waals surface area contributed by atoms with Crippen LogP contribution in [0.15, 0.2) is 17.2 Å². The van der Waals surface area contributed by atoms with Crippen molar-refractivity contribution in [2.24, 2.45) is 0 Å². The smallest absolute Gasteiger partial charge is 0.143 e. The molecule has 0 N–H and O–H groups in total. The van der Waals surface area contributed by atoms with Crippen LogP contribution in [0.4, 0.5) is 0 Å². The Morgan fingerprint density at radius 3 is 2.73 bits per heavy atom. The summed E-state index contributed by atoms with van der Waals surface area (Å²) in [5.74, 6) is 1.47. The monoisotopic (exact) mass is 208 g/mol. The van der Waals surface area contributed by atoms with Gasteiger partial charge in [-0.2, -0.15) is 0 Å². The molecule has 0 aliphatic rings. The first kappa shape index (κ1) is 9.10. The second-order valence-corrected chi connectivity index (χ2v) is 3.61. The molecule has 1 aromatic heterocycles. The van der Waals surface area contributed by atoms with Gasteiger partial charge in [0.1, 0.15) is 5.03 Å². The minimum Gasteiger partial charge on any atom is -0.143 e. The largest absolute Gasteiger partial charge is 0.151 e. The molecule has 0 saturated carbocycles. The fraction of sp³-hybridized carbons (Fsp3) is 0.333. The Morgan fingerprint density at radius 1 is 1.36 bits per heavy atom. The van der Waals surface area contributed by atoms with Crippen molar-refractivity contribution in [3.63, 3.8) is 0 Å². The zero-order chi connectivity index (χ0) is 8.10. The lowest BCUT2D eigenvalue weighted by Gasteiger charge is -1.94. The Hall–Kier alpha value is 0.01000. The van der Waals surface area contributed by atoms with Crippen LogP contribution in [0, 0.1) is 0 Å². The van der Waals surface area contributed by atoms with Gasteiger partial charge in [0.15, 0.2) is 5.15 Å². The van der Waals surface area contributed by atoms with E-state index < -0.39 is 0 Å². The average molecular weight is 209 g/mol. The topological polar surface area (TPSA) is 25.8 Å². The van der Waals surface area contributed by atoms with Crippen molar-refractivity contribution in [1.29, 1.82) is 0 Å². The molecule has 0 fully saturated rings. The fourth-order valence-electron chi connectivity index (χ4n) is 0.524. The highest BCUT2D eigenvalue weighted by atomic mass is 35.5. The number of thioether (sulfide) groups is 1. The lowest BCUT2D eigenvalue weighted by molar-refractivity contribution is 0.930. The molecule has 0 spiro atoms. The quantitative estimate of drug-likeness (QED) is 0.564. The van der Waals surface area contributed by atoms with E-state index in [0.29, 0.717) is 11.0 Å². The van der Waals surface area contributed by atoms with Crippen molar-refractivity contribution in [3.05, 3.63) is 17.3 Å². The number of halogens is 2. The third-order valence-corrected chi connectivity index (χ3v) is 2.47. The van der Waals surface area contributed by atoms with Crippen molar-refractivity contribution < 1.29 is 0 Å². The molecular weight excluding hydrogens is 203 g/mol. The van der Waals surface area contributed by atoms with Crippen LogP contribution in [-0.4, -0.2) is 21.8 Å². The van der Waals surface area contributed by atoms with E-state index in [0.717, 1.165) is 10.8 Å². The van der Waals surface area contributed by atoms with Crippen LogP contribution in [0.2, 0.25) is 5.15 Å². The van der Waals surface area contributed by atoms with Crippen molar-refractivity contribution in [2.45, 2.75) is 5.03 Å². The maximum Gasteiger partial charge on any atom is 0.151 e. The lowest BCUT2D eigenvalue weighted by atomic mass is 10.6. The predicted octanol–water partition coefficient (Wildman–Crippen LogP) is 2.46. The third kappa shape index (κ3) is 3.27. The zero-order valence-electron chi connectivity index (χ0n) is 5.63. The highest BCUT2D eigenvalue weighted by molar-refractivity contribution is 7.99. The van der Waals surface area contributed by atoms with E-state index in [2.05, 4.69) is 10.2 Å². The molecule has 0 atom stereocenters. The highest BCUT2D eigenvalue weighted by Gasteiger charge is 1.94. The molecule has 1 heterocycles. The van der Waals surface area contributed by atoms with Gasteiger partial charge in [-0.05, 0) is 12.1 Å². The molecule has 1 rings (SSSR count). The van der Waals surface area contributed by atoms with Crippen LogP contribution in [0.3, 0.4) is 0 Å². The van der Waals surface area contributed by atoms with Gasteiger partial charge in [-0.25, -0.2) is 0 Å². The molecule has 5 heteroatoms. The summed E-state index contributed by atoms with van der Waals surface area (Å²) in [6.45, 7) is 0. The molecule has 0 amide bonds. The van der Waals surface area contributed by atoms with Gasteiger partial charge >= 0.3 is 0 Å². The Labute approximate surface area is 79.3 Å². The van der Waals surface area contributed by atoms with E-state index >= 15 is 0 Å². The average Bonchev–Trinajstić information content (AvgIpc) is 2.04. The van der Waals surface area contributed by atoms with E-state index in [-0.39, 0.29) is 0 Å². The van der Waals surface area contributed by atoms with Crippen LogP contribution in [0.5, 0.6) is 0 Å².